The fourth-order valence-corrected chi connectivity index (χ4v) is 8.90. The second-order valence-electron chi connectivity index (χ2n) is 17.2. The molecule has 15 heteroatoms. The molecule has 0 aliphatic carbocycles. The van der Waals surface area contributed by atoms with Crippen molar-refractivity contribution in [2.75, 3.05) is 44.3 Å². The van der Waals surface area contributed by atoms with Gasteiger partial charge in [-0.25, -0.2) is 8.78 Å². The fraction of sp³-hybridized carbons (Fsp3) is 0.296. The summed E-state index contributed by atoms with van der Waals surface area (Å²) in [6.07, 6.45) is 18.0. The highest BCUT2D eigenvalue weighted by molar-refractivity contribution is 9.10. The Morgan fingerprint density at radius 1 is 0.594 bits per heavy atom. The Morgan fingerprint density at radius 3 is 1.55 bits per heavy atom. The zero-order valence-corrected chi connectivity index (χ0v) is 40.3. The number of ether oxygens (including phenoxy) is 1. The average molecular weight is 999 g/mol. The first-order chi connectivity index (χ1) is 33.6. The summed E-state index contributed by atoms with van der Waals surface area (Å²) < 4.78 is 46.9. The molecular formula is C54H54BrF2N7O5. The number of nitrogens with zero attached hydrogens (tertiary/aromatic N) is 7. The predicted molar refractivity (Wildman–Crippen MR) is 267 cm³/mol. The fourth-order valence-electron chi connectivity index (χ4n) is 8.58. The zero-order valence-electron chi connectivity index (χ0n) is 38.8. The molecule has 12 nitrogen and oxygen atoms in total. The number of aromatic nitrogens is 4. The van der Waals surface area contributed by atoms with Gasteiger partial charge in [-0.3, -0.25) is 39.3 Å². The summed E-state index contributed by atoms with van der Waals surface area (Å²) in [4.78, 5) is 49.7. The largest absolute Gasteiger partial charge is 0.461 e. The van der Waals surface area contributed by atoms with Crippen LogP contribution in [0.5, 0.6) is 0 Å². The number of hydrogen-bond donors (Lipinski definition) is 0. The lowest BCUT2D eigenvalue weighted by Gasteiger charge is -2.29. The van der Waals surface area contributed by atoms with E-state index in [-0.39, 0.29) is 26.1 Å². The van der Waals surface area contributed by atoms with Gasteiger partial charge >= 0.3 is 0 Å². The highest BCUT2D eigenvalue weighted by Crippen LogP contribution is 2.28. The van der Waals surface area contributed by atoms with E-state index < -0.39 is 11.6 Å². The molecule has 0 saturated carbocycles. The summed E-state index contributed by atoms with van der Waals surface area (Å²) in [6.45, 7) is 9.62. The van der Waals surface area contributed by atoms with Crippen molar-refractivity contribution in [1.29, 1.82) is 0 Å². The number of pyridine rings is 4. The van der Waals surface area contributed by atoms with Crippen LogP contribution >= 0.6 is 15.9 Å². The van der Waals surface area contributed by atoms with Crippen molar-refractivity contribution in [1.82, 2.24) is 29.7 Å². The standard InChI is InChI=1S/C29H31FN4O3.C25H23BrFN3O2/c1-21-25(29(35)24-16-26(30)27(17-28(24)37-21)34-12-14-36-15-13-34)20-33(19-23-6-9-31-10-7-23)11-3-5-22-4-2-8-32-18-22;1-17-21(25(31)20-12-23(27)22(26)13-24(20)32-17)16-30(15-19-6-9-28-10-7-19)11-3-5-18-4-2-8-29-14-18/h2,4,6-10,16-18H,3,5,11-15,19-20H2,1H3;2,4,6-10,12-14H,3,5,11,15-16H2,1H3. The first-order valence-corrected chi connectivity index (χ1v) is 23.9. The van der Waals surface area contributed by atoms with Crippen molar-refractivity contribution < 1.29 is 22.4 Å². The lowest BCUT2D eigenvalue weighted by Crippen LogP contribution is -2.36. The van der Waals surface area contributed by atoms with E-state index >= 15 is 4.39 Å². The van der Waals surface area contributed by atoms with Gasteiger partial charge in [-0.1, -0.05) is 12.1 Å². The van der Waals surface area contributed by atoms with Crippen LogP contribution in [0, 0.1) is 25.5 Å². The molecule has 1 aliphatic rings. The molecular weight excluding hydrogens is 945 g/mol. The monoisotopic (exact) mass is 997 g/mol. The zero-order chi connectivity index (χ0) is 48.1. The summed E-state index contributed by atoms with van der Waals surface area (Å²) >= 11 is 3.15. The summed E-state index contributed by atoms with van der Waals surface area (Å²) in [7, 11) is 0. The van der Waals surface area contributed by atoms with E-state index in [9.17, 15) is 14.0 Å². The molecule has 7 heterocycles. The number of hydrogen-bond acceptors (Lipinski definition) is 12. The van der Waals surface area contributed by atoms with E-state index in [1.807, 2.05) is 60.6 Å². The first kappa shape index (κ1) is 48.9. The maximum Gasteiger partial charge on any atom is 0.197 e. The molecule has 2 aromatic carbocycles. The van der Waals surface area contributed by atoms with Gasteiger partial charge in [-0.15, -0.1) is 0 Å². The van der Waals surface area contributed by atoms with Crippen LogP contribution in [-0.4, -0.2) is 69.1 Å². The maximum atomic E-state index is 15.1. The van der Waals surface area contributed by atoms with Crippen LogP contribution < -0.4 is 15.8 Å². The lowest BCUT2D eigenvalue weighted by molar-refractivity contribution is 0.122. The quantitative estimate of drug-likeness (QED) is 0.0861. The Balaban J connectivity index is 0.000000188. The van der Waals surface area contributed by atoms with E-state index in [2.05, 4.69) is 57.8 Å². The minimum atomic E-state index is -0.482. The highest BCUT2D eigenvalue weighted by atomic mass is 79.9. The molecule has 0 amide bonds. The SMILES string of the molecule is Cc1oc2cc(Br)c(F)cc2c(=O)c1CN(CCCc1cccnc1)Cc1ccncc1.Cc1oc2cc(N3CCOCC3)c(F)cc2c(=O)c1CN(CCCc1cccnc1)Cc1ccncc1. The lowest BCUT2D eigenvalue weighted by atomic mass is 10.1. The summed E-state index contributed by atoms with van der Waals surface area (Å²) in [5, 5.41) is 0.528. The van der Waals surface area contributed by atoms with Gasteiger partial charge < -0.3 is 18.5 Å². The Morgan fingerprint density at radius 2 is 1.07 bits per heavy atom. The third kappa shape index (κ3) is 13.0. The van der Waals surface area contributed by atoms with E-state index in [1.54, 1.807) is 50.2 Å². The Hall–Kier alpha value is -6.52. The normalized spacial score (nSPS) is 12.8. The van der Waals surface area contributed by atoms with Crippen molar-refractivity contribution in [2.24, 2.45) is 0 Å². The van der Waals surface area contributed by atoms with Gasteiger partial charge in [0.1, 0.15) is 34.3 Å². The smallest absolute Gasteiger partial charge is 0.197 e. The Labute approximate surface area is 407 Å². The molecule has 0 bridgehead atoms. The molecule has 0 spiro atoms. The number of rotatable bonds is 17. The maximum absolute atomic E-state index is 15.1. The van der Waals surface area contributed by atoms with E-state index in [1.165, 1.54) is 29.3 Å². The molecule has 1 fully saturated rings. The molecule has 0 N–H and O–H groups in total. The average Bonchev–Trinajstić information content (AvgIpc) is 3.36. The molecule has 9 rings (SSSR count). The molecule has 0 atom stereocenters. The van der Waals surface area contributed by atoms with Gasteiger partial charge in [0.25, 0.3) is 0 Å². The number of morpholine rings is 1. The van der Waals surface area contributed by atoms with Gasteiger partial charge in [0.15, 0.2) is 10.9 Å². The van der Waals surface area contributed by atoms with Crippen molar-refractivity contribution >= 4 is 43.6 Å². The number of aryl methyl sites for hydroxylation is 4. The Bertz CT molecular complexity index is 3070. The third-order valence-corrected chi connectivity index (χ3v) is 12.8. The van der Waals surface area contributed by atoms with Crippen molar-refractivity contribution in [3.05, 3.63) is 204 Å². The van der Waals surface area contributed by atoms with Crippen LogP contribution in [0.25, 0.3) is 21.9 Å². The highest BCUT2D eigenvalue weighted by Gasteiger charge is 2.22. The molecule has 1 saturated heterocycles. The third-order valence-electron chi connectivity index (χ3n) is 12.2. The van der Waals surface area contributed by atoms with Crippen molar-refractivity contribution in [3.8, 4) is 0 Å². The van der Waals surface area contributed by atoms with Crippen LogP contribution in [0.3, 0.4) is 0 Å². The second kappa shape index (κ2) is 23.7. The minimum absolute atomic E-state index is 0.182. The predicted octanol–water partition coefficient (Wildman–Crippen LogP) is 9.93. The molecule has 6 aromatic heterocycles. The molecule has 0 radical (unpaired) electrons. The first-order valence-electron chi connectivity index (χ1n) is 23.1. The number of fused-ring (bicyclic) bond motifs is 2. The summed E-state index contributed by atoms with van der Waals surface area (Å²) in [6, 6.07) is 21.6. The molecule has 8 aromatic rings. The van der Waals surface area contributed by atoms with Crippen LogP contribution in [-0.2, 0) is 43.8 Å². The van der Waals surface area contributed by atoms with Crippen LogP contribution in [0.1, 0.15) is 57.7 Å². The summed E-state index contributed by atoms with van der Waals surface area (Å²) in [5.74, 6) is 0.211. The van der Waals surface area contributed by atoms with E-state index in [0.717, 1.165) is 49.9 Å². The molecule has 1 aliphatic heterocycles. The Kier molecular flexibility index (Phi) is 16.8. The van der Waals surface area contributed by atoms with E-state index in [0.29, 0.717) is 92.0 Å². The number of halogens is 3. The van der Waals surface area contributed by atoms with Crippen molar-refractivity contribution in [3.63, 3.8) is 0 Å². The van der Waals surface area contributed by atoms with E-state index in [4.69, 9.17) is 13.6 Å². The minimum Gasteiger partial charge on any atom is -0.461 e. The van der Waals surface area contributed by atoms with Gasteiger partial charge in [0, 0.05) is 94.9 Å². The van der Waals surface area contributed by atoms with Crippen LogP contribution in [0.15, 0.2) is 145 Å². The van der Waals surface area contributed by atoms with Gasteiger partial charge in [0.05, 0.1) is 45.3 Å². The van der Waals surface area contributed by atoms with Gasteiger partial charge in [-0.2, -0.15) is 0 Å². The molecule has 69 heavy (non-hydrogen) atoms. The molecule has 0 unspecified atom stereocenters. The van der Waals surface area contributed by atoms with Gasteiger partial charge in [0.2, 0.25) is 0 Å². The second-order valence-corrected chi connectivity index (χ2v) is 18.0. The van der Waals surface area contributed by atoms with Gasteiger partial charge in [-0.05, 0) is 145 Å². The summed E-state index contributed by atoms with van der Waals surface area (Å²) in [5.41, 5.74) is 6.54. The van der Waals surface area contributed by atoms with Crippen molar-refractivity contribution in [2.45, 2.75) is 65.7 Å². The molecule has 356 valence electrons. The number of anilines is 1. The van der Waals surface area contributed by atoms with Crippen LogP contribution in [0.4, 0.5) is 14.5 Å². The number of benzene rings is 2. The van der Waals surface area contributed by atoms with Crippen LogP contribution in [0.2, 0.25) is 0 Å². The topological polar surface area (TPSA) is 131 Å².